The maximum atomic E-state index is 12.5. The Balaban J connectivity index is 0.000000221. The third kappa shape index (κ3) is 8.62. The van der Waals surface area contributed by atoms with Crippen molar-refractivity contribution in [2.45, 2.75) is 90.5 Å². The Labute approximate surface area is 194 Å². The van der Waals surface area contributed by atoms with E-state index in [2.05, 4.69) is 24.5 Å². The van der Waals surface area contributed by atoms with Gasteiger partial charge >= 0.3 is 12.2 Å². The summed E-state index contributed by atoms with van der Waals surface area (Å²) in [6, 6.07) is 3.96. The van der Waals surface area contributed by atoms with Crippen LogP contribution in [0.1, 0.15) is 76.8 Å². The minimum atomic E-state index is -4.45. The van der Waals surface area contributed by atoms with Crippen molar-refractivity contribution in [2.75, 3.05) is 18.5 Å². The summed E-state index contributed by atoms with van der Waals surface area (Å²) in [5.74, 6) is -0.518. The summed E-state index contributed by atoms with van der Waals surface area (Å²) in [6.07, 6.45) is 4.90. The quantitative estimate of drug-likeness (QED) is 0.579. The Bertz CT molecular complexity index is 774. The van der Waals surface area contributed by atoms with Crippen LogP contribution in [-0.4, -0.2) is 42.1 Å². The van der Waals surface area contributed by atoms with Crippen LogP contribution < -0.4 is 10.6 Å². The molecule has 2 aliphatic heterocycles. The highest BCUT2D eigenvalue weighted by molar-refractivity contribution is 6.02. The molecular formula is C24H36F3N3O3. The van der Waals surface area contributed by atoms with Crippen molar-refractivity contribution in [2.24, 2.45) is 0 Å². The van der Waals surface area contributed by atoms with Gasteiger partial charge < -0.3 is 15.4 Å². The van der Waals surface area contributed by atoms with Crippen molar-refractivity contribution in [3.05, 3.63) is 29.3 Å². The van der Waals surface area contributed by atoms with Gasteiger partial charge in [0.15, 0.2) is 0 Å². The molecule has 1 saturated heterocycles. The summed E-state index contributed by atoms with van der Waals surface area (Å²) >= 11 is 0. The standard InChI is InChI=1S/C11H9F3N2O2.C10H19NO.C3H8/c1-6(17)16-5-7-4-8(11(12,13)14)2-3-9(7)15-10(16)18;1-2-4-9(3-1)11-10-5-7-12-8-6-10;1-3-2/h2-4H,5H2,1H3,(H,15,18);9-11H,1-8H2;3H2,1-2H3. The molecule has 3 aliphatic rings. The highest BCUT2D eigenvalue weighted by Crippen LogP contribution is 2.33. The van der Waals surface area contributed by atoms with Crippen LogP contribution in [0.15, 0.2) is 18.2 Å². The Morgan fingerprint density at radius 2 is 1.70 bits per heavy atom. The molecule has 1 aromatic carbocycles. The first-order valence-corrected chi connectivity index (χ1v) is 11.8. The molecule has 1 aliphatic carbocycles. The second kappa shape index (κ2) is 12.9. The van der Waals surface area contributed by atoms with Gasteiger partial charge in [0.05, 0.1) is 12.1 Å². The lowest BCUT2D eigenvalue weighted by Gasteiger charge is -2.27. The lowest BCUT2D eigenvalue weighted by Crippen LogP contribution is -2.41. The second-order valence-corrected chi connectivity index (χ2v) is 8.65. The van der Waals surface area contributed by atoms with E-state index >= 15 is 0 Å². The normalized spacial score (nSPS) is 19.0. The Kier molecular flexibility index (Phi) is 10.6. The number of fused-ring (bicyclic) bond motifs is 1. The number of nitrogens with zero attached hydrogens (tertiary/aromatic N) is 1. The number of carbonyl (C=O) groups excluding carboxylic acids is 2. The van der Waals surface area contributed by atoms with E-state index in [4.69, 9.17) is 4.74 Å². The zero-order valence-corrected chi connectivity index (χ0v) is 19.8. The number of nitrogens with one attached hydrogen (secondary N) is 2. The number of imide groups is 1. The summed E-state index contributed by atoms with van der Waals surface area (Å²) in [5, 5.41) is 6.11. The molecule has 0 bridgehead atoms. The first kappa shape index (κ1) is 27.1. The molecule has 4 rings (SSSR count). The zero-order valence-electron chi connectivity index (χ0n) is 19.8. The van der Waals surface area contributed by atoms with E-state index in [0.29, 0.717) is 5.69 Å². The minimum Gasteiger partial charge on any atom is -0.381 e. The fraction of sp³-hybridized carbons (Fsp3) is 0.667. The van der Waals surface area contributed by atoms with Crippen LogP contribution in [-0.2, 0) is 22.3 Å². The average Bonchev–Trinajstić information content (AvgIpc) is 3.27. The van der Waals surface area contributed by atoms with Crippen LogP contribution in [0.4, 0.5) is 23.7 Å². The van der Waals surface area contributed by atoms with E-state index in [0.717, 1.165) is 42.3 Å². The molecule has 2 N–H and O–H groups in total. The van der Waals surface area contributed by atoms with E-state index in [-0.39, 0.29) is 12.1 Å². The SMILES string of the molecule is C1CCC(NC2CCOCC2)C1.CC(=O)N1Cc2cc(C(F)(F)F)ccc2NC1=O.CCC. The van der Waals surface area contributed by atoms with Crippen molar-refractivity contribution in [1.29, 1.82) is 0 Å². The van der Waals surface area contributed by atoms with Crippen molar-refractivity contribution in [3.8, 4) is 0 Å². The first-order chi connectivity index (χ1) is 15.7. The monoisotopic (exact) mass is 471 g/mol. The van der Waals surface area contributed by atoms with Crippen molar-refractivity contribution in [3.63, 3.8) is 0 Å². The average molecular weight is 472 g/mol. The fourth-order valence-electron chi connectivity index (χ4n) is 3.99. The predicted molar refractivity (Wildman–Crippen MR) is 122 cm³/mol. The highest BCUT2D eigenvalue weighted by Gasteiger charge is 2.33. The number of carbonyl (C=O) groups is 2. The van der Waals surface area contributed by atoms with Crippen molar-refractivity contribution < 1.29 is 27.5 Å². The number of urea groups is 1. The van der Waals surface area contributed by atoms with Gasteiger partial charge in [0.1, 0.15) is 0 Å². The van der Waals surface area contributed by atoms with Gasteiger partial charge in [-0.2, -0.15) is 13.2 Å². The smallest absolute Gasteiger partial charge is 0.381 e. The van der Waals surface area contributed by atoms with Gasteiger partial charge in [-0.1, -0.05) is 33.1 Å². The number of rotatable bonds is 2. The number of hydrogen-bond donors (Lipinski definition) is 2. The number of alkyl halides is 3. The van der Waals surface area contributed by atoms with E-state index in [1.54, 1.807) is 0 Å². The lowest BCUT2D eigenvalue weighted by molar-refractivity contribution is -0.137. The fourth-order valence-corrected chi connectivity index (χ4v) is 3.99. The van der Waals surface area contributed by atoms with Crippen LogP contribution >= 0.6 is 0 Å². The molecular weight excluding hydrogens is 435 g/mol. The number of amides is 3. The van der Waals surface area contributed by atoms with Crippen LogP contribution in [0.3, 0.4) is 0 Å². The molecule has 0 atom stereocenters. The van der Waals surface area contributed by atoms with E-state index in [1.807, 2.05) is 0 Å². The van der Waals surface area contributed by atoms with Crippen LogP contribution in [0.5, 0.6) is 0 Å². The third-order valence-corrected chi connectivity index (χ3v) is 5.68. The number of halogens is 3. The minimum absolute atomic E-state index is 0.152. The summed E-state index contributed by atoms with van der Waals surface area (Å²) in [6.45, 7) is 7.20. The molecule has 0 unspecified atom stereocenters. The maximum Gasteiger partial charge on any atom is 0.416 e. The number of hydrogen-bond acceptors (Lipinski definition) is 4. The number of benzene rings is 1. The molecule has 186 valence electrons. The largest absolute Gasteiger partial charge is 0.416 e. The van der Waals surface area contributed by atoms with Gasteiger partial charge in [0.25, 0.3) is 0 Å². The molecule has 3 amide bonds. The molecule has 33 heavy (non-hydrogen) atoms. The van der Waals surface area contributed by atoms with E-state index in [1.165, 1.54) is 57.9 Å². The molecule has 0 spiro atoms. The van der Waals surface area contributed by atoms with Crippen LogP contribution in [0.2, 0.25) is 0 Å². The molecule has 9 heteroatoms. The predicted octanol–water partition coefficient (Wildman–Crippen LogP) is 5.71. The van der Waals surface area contributed by atoms with Gasteiger partial charge in [0, 0.05) is 37.9 Å². The number of ether oxygens (including phenoxy) is 1. The first-order valence-electron chi connectivity index (χ1n) is 11.8. The Morgan fingerprint density at radius 3 is 2.24 bits per heavy atom. The summed E-state index contributed by atoms with van der Waals surface area (Å²) < 4.78 is 42.9. The molecule has 0 radical (unpaired) electrons. The lowest BCUT2D eigenvalue weighted by atomic mass is 10.1. The van der Waals surface area contributed by atoms with E-state index in [9.17, 15) is 22.8 Å². The van der Waals surface area contributed by atoms with Gasteiger partial charge in [-0.05, 0) is 49.4 Å². The van der Waals surface area contributed by atoms with Crippen molar-refractivity contribution in [1.82, 2.24) is 10.2 Å². The Morgan fingerprint density at radius 1 is 1.12 bits per heavy atom. The summed E-state index contributed by atoms with van der Waals surface area (Å²) in [5.41, 5.74) is -0.244. The van der Waals surface area contributed by atoms with E-state index < -0.39 is 23.7 Å². The molecule has 6 nitrogen and oxygen atoms in total. The van der Waals surface area contributed by atoms with Crippen LogP contribution in [0.25, 0.3) is 0 Å². The molecule has 2 fully saturated rings. The summed E-state index contributed by atoms with van der Waals surface area (Å²) in [7, 11) is 0. The molecule has 2 heterocycles. The molecule has 0 aromatic heterocycles. The van der Waals surface area contributed by atoms with Crippen molar-refractivity contribution >= 4 is 17.6 Å². The summed E-state index contributed by atoms with van der Waals surface area (Å²) in [4.78, 5) is 23.4. The van der Waals surface area contributed by atoms with Gasteiger partial charge in [-0.15, -0.1) is 0 Å². The maximum absolute atomic E-state index is 12.5. The second-order valence-electron chi connectivity index (χ2n) is 8.65. The number of anilines is 1. The van der Waals surface area contributed by atoms with Gasteiger partial charge in [-0.3, -0.25) is 9.69 Å². The topological polar surface area (TPSA) is 70.7 Å². The highest BCUT2D eigenvalue weighted by atomic mass is 19.4. The zero-order chi connectivity index (χ0) is 24.4. The third-order valence-electron chi connectivity index (χ3n) is 5.68. The molecule has 1 saturated carbocycles. The Hall–Kier alpha value is -2.13. The molecule has 1 aromatic rings. The van der Waals surface area contributed by atoms with Gasteiger partial charge in [0.2, 0.25) is 5.91 Å². The van der Waals surface area contributed by atoms with Gasteiger partial charge in [-0.25, -0.2) is 4.79 Å². The van der Waals surface area contributed by atoms with Crippen LogP contribution in [0, 0.1) is 0 Å².